The van der Waals surface area contributed by atoms with E-state index in [4.69, 9.17) is 0 Å². The quantitative estimate of drug-likeness (QED) is 0.775. The summed E-state index contributed by atoms with van der Waals surface area (Å²) in [6.07, 6.45) is 0. The molecule has 0 saturated carbocycles. The number of aromatic nitrogens is 2. The number of carbonyl (C=O) groups is 2. The Hall–Kier alpha value is -2.96. The molecular weight excluding hydrogens is 330 g/mol. The van der Waals surface area contributed by atoms with Crippen molar-refractivity contribution >= 4 is 23.7 Å². The SMILES string of the molecule is Cc1ccc(C[n+]2c(C)c(C)n3c2N=C2C3C(=O)N(C)C(=O)N2C)cc1. The van der Waals surface area contributed by atoms with Gasteiger partial charge in [-0.2, -0.15) is 0 Å². The number of carbonyl (C=O) groups excluding carboxylic acids is 2. The third kappa shape index (κ3) is 2.13. The molecule has 2 aromatic rings. The Balaban J connectivity index is 1.83. The number of imide groups is 1. The number of amides is 3. The van der Waals surface area contributed by atoms with Crippen LogP contribution in [0.5, 0.6) is 0 Å². The van der Waals surface area contributed by atoms with Crippen LogP contribution in [0.1, 0.15) is 28.6 Å². The van der Waals surface area contributed by atoms with Crippen LogP contribution < -0.4 is 4.57 Å². The van der Waals surface area contributed by atoms with Gasteiger partial charge in [-0.05, 0) is 26.3 Å². The Morgan fingerprint density at radius 2 is 1.69 bits per heavy atom. The summed E-state index contributed by atoms with van der Waals surface area (Å²) in [5, 5.41) is 0. The van der Waals surface area contributed by atoms with E-state index in [0.29, 0.717) is 18.3 Å². The second kappa shape index (κ2) is 5.52. The molecule has 1 aromatic heterocycles. The lowest BCUT2D eigenvalue weighted by atomic mass is 10.1. The highest BCUT2D eigenvalue weighted by Gasteiger charge is 2.53. The van der Waals surface area contributed by atoms with Crippen molar-refractivity contribution in [1.29, 1.82) is 0 Å². The van der Waals surface area contributed by atoms with Gasteiger partial charge in [-0.3, -0.25) is 14.6 Å². The fourth-order valence-corrected chi connectivity index (χ4v) is 3.65. The van der Waals surface area contributed by atoms with Crippen LogP contribution in [0.25, 0.3) is 0 Å². The molecule has 2 aliphatic heterocycles. The van der Waals surface area contributed by atoms with Crippen molar-refractivity contribution in [2.24, 2.45) is 4.99 Å². The molecule has 2 aliphatic rings. The maximum Gasteiger partial charge on any atom is 0.402 e. The maximum atomic E-state index is 12.8. The minimum Gasteiger partial charge on any atom is -0.270 e. The van der Waals surface area contributed by atoms with Gasteiger partial charge in [0.25, 0.3) is 5.91 Å². The molecule has 0 aliphatic carbocycles. The van der Waals surface area contributed by atoms with Crippen LogP contribution in [0.4, 0.5) is 10.7 Å². The van der Waals surface area contributed by atoms with E-state index >= 15 is 0 Å². The second-order valence-electron chi connectivity index (χ2n) is 7.02. The van der Waals surface area contributed by atoms with Crippen LogP contribution in [0.3, 0.4) is 0 Å². The summed E-state index contributed by atoms with van der Waals surface area (Å²) >= 11 is 0. The maximum absolute atomic E-state index is 12.8. The molecule has 0 radical (unpaired) electrons. The zero-order chi connectivity index (χ0) is 18.7. The fourth-order valence-electron chi connectivity index (χ4n) is 3.65. The van der Waals surface area contributed by atoms with Crippen molar-refractivity contribution in [2.45, 2.75) is 33.4 Å². The highest BCUT2D eigenvalue weighted by molar-refractivity contribution is 6.20. The smallest absolute Gasteiger partial charge is 0.270 e. The summed E-state index contributed by atoms with van der Waals surface area (Å²) in [5.74, 6) is 0.962. The van der Waals surface area contributed by atoms with Crippen LogP contribution in [-0.2, 0) is 11.3 Å². The number of benzene rings is 1. The van der Waals surface area contributed by atoms with Crippen molar-refractivity contribution in [1.82, 2.24) is 14.4 Å². The van der Waals surface area contributed by atoms with Gasteiger partial charge in [-0.1, -0.05) is 34.8 Å². The zero-order valence-electron chi connectivity index (χ0n) is 15.6. The number of rotatable bonds is 2. The molecule has 7 nitrogen and oxygen atoms in total. The van der Waals surface area contributed by atoms with Crippen LogP contribution >= 0.6 is 0 Å². The molecule has 1 unspecified atom stereocenters. The van der Waals surface area contributed by atoms with Gasteiger partial charge in [0, 0.05) is 14.1 Å². The van der Waals surface area contributed by atoms with E-state index in [-0.39, 0.29) is 11.9 Å². The monoisotopic (exact) mass is 352 g/mol. The number of imidazole rings is 1. The summed E-state index contributed by atoms with van der Waals surface area (Å²) < 4.78 is 4.05. The number of hydrogen-bond acceptors (Lipinski definition) is 3. The average Bonchev–Trinajstić information content (AvgIpc) is 3.12. The molecule has 134 valence electrons. The van der Waals surface area contributed by atoms with Gasteiger partial charge in [0.1, 0.15) is 11.4 Å². The lowest BCUT2D eigenvalue weighted by Crippen LogP contribution is -2.56. The predicted molar refractivity (Wildman–Crippen MR) is 96.4 cm³/mol. The third-order valence-electron chi connectivity index (χ3n) is 5.41. The van der Waals surface area contributed by atoms with Gasteiger partial charge in [-0.25, -0.2) is 13.9 Å². The Morgan fingerprint density at radius 1 is 1.04 bits per heavy atom. The average molecular weight is 352 g/mol. The first-order chi connectivity index (χ1) is 12.3. The van der Waals surface area contributed by atoms with Crippen molar-refractivity contribution < 1.29 is 14.2 Å². The Kier molecular flexibility index (Phi) is 3.50. The van der Waals surface area contributed by atoms with E-state index in [1.165, 1.54) is 23.1 Å². The van der Waals surface area contributed by atoms with Crippen LogP contribution in [0.2, 0.25) is 0 Å². The Morgan fingerprint density at radius 3 is 2.35 bits per heavy atom. The topological polar surface area (TPSA) is 61.8 Å². The molecule has 0 N–H and O–H groups in total. The molecule has 1 fully saturated rings. The standard InChI is InChI=1S/C19H22N5O2/c1-11-6-8-14(9-7-11)10-23-12(2)13(3)24-15-16(20-18(23)24)21(4)19(26)22(5)17(15)25/h6-9,15H,10H2,1-5H3/q+1. The molecular formula is C19H22N5O2+. The largest absolute Gasteiger partial charge is 0.402 e. The van der Waals surface area contributed by atoms with Crippen LogP contribution in [0, 0.1) is 20.8 Å². The number of urea groups is 1. The van der Waals surface area contributed by atoms with Gasteiger partial charge in [0.15, 0.2) is 0 Å². The fraction of sp³-hybridized carbons (Fsp3) is 0.368. The molecule has 4 rings (SSSR count). The highest BCUT2D eigenvalue weighted by atomic mass is 16.2. The van der Waals surface area contributed by atoms with Crippen molar-refractivity contribution in [3.63, 3.8) is 0 Å². The third-order valence-corrected chi connectivity index (χ3v) is 5.41. The number of aliphatic imine (C=N–C) groups is 1. The molecule has 7 heteroatoms. The molecule has 1 saturated heterocycles. The van der Waals surface area contributed by atoms with Crippen molar-refractivity contribution in [3.05, 3.63) is 46.8 Å². The molecule has 1 atom stereocenters. The normalized spacial score (nSPS) is 19.0. The number of nitrogens with zero attached hydrogens (tertiary/aromatic N) is 5. The predicted octanol–water partition coefficient (Wildman–Crippen LogP) is 1.86. The van der Waals surface area contributed by atoms with Crippen molar-refractivity contribution in [3.8, 4) is 0 Å². The molecule has 0 bridgehead atoms. The number of fused-ring (bicyclic) bond motifs is 3. The van der Waals surface area contributed by atoms with Crippen LogP contribution in [0.15, 0.2) is 29.3 Å². The first-order valence-corrected chi connectivity index (χ1v) is 8.62. The first kappa shape index (κ1) is 16.5. The van der Waals surface area contributed by atoms with Gasteiger partial charge >= 0.3 is 12.0 Å². The highest BCUT2D eigenvalue weighted by Crippen LogP contribution is 2.34. The summed E-state index contributed by atoms with van der Waals surface area (Å²) in [4.78, 5) is 32.3. The van der Waals surface area contributed by atoms with Gasteiger partial charge in [-0.15, -0.1) is 0 Å². The lowest BCUT2D eigenvalue weighted by molar-refractivity contribution is -0.680. The van der Waals surface area contributed by atoms with E-state index in [0.717, 1.165) is 16.3 Å². The summed E-state index contributed by atoms with van der Waals surface area (Å²) in [7, 11) is 3.18. The van der Waals surface area contributed by atoms with E-state index in [2.05, 4.69) is 40.7 Å². The minimum absolute atomic E-state index is 0.244. The second-order valence-corrected chi connectivity index (χ2v) is 7.02. The lowest BCUT2D eigenvalue weighted by Gasteiger charge is -2.30. The Labute approximate surface area is 152 Å². The summed E-state index contributed by atoms with van der Waals surface area (Å²) in [6, 6.07) is 7.46. The number of aryl methyl sites for hydroxylation is 1. The molecule has 26 heavy (non-hydrogen) atoms. The molecule has 3 heterocycles. The molecule has 1 aromatic carbocycles. The van der Waals surface area contributed by atoms with E-state index < -0.39 is 6.04 Å². The summed E-state index contributed by atoms with van der Waals surface area (Å²) in [6.45, 7) is 6.76. The Bertz CT molecular complexity index is 971. The first-order valence-electron chi connectivity index (χ1n) is 8.62. The van der Waals surface area contributed by atoms with Gasteiger partial charge in [0.2, 0.25) is 11.9 Å². The number of likely N-dealkylation sites (N-methyl/N-ethyl adjacent to an activating group) is 2. The van der Waals surface area contributed by atoms with E-state index in [1.807, 2.05) is 18.4 Å². The summed E-state index contributed by atoms with van der Waals surface area (Å²) in [5.41, 5.74) is 4.44. The van der Waals surface area contributed by atoms with Gasteiger partial charge in [0.05, 0.1) is 6.54 Å². The molecule has 3 amide bonds. The van der Waals surface area contributed by atoms with Gasteiger partial charge < -0.3 is 0 Å². The minimum atomic E-state index is -0.573. The van der Waals surface area contributed by atoms with E-state index in [9.17, 15) is 9.59 Å². The molecule has 0 spiro atoms. The number of amidine groups is 1. The number of hydrogen-bond donors (Lipinski definition) is 0. The van der Waals surface area contributed by atoms with E-state index in [1.54, 1.807) is 7.05 Å². The van der Waals surface area contributed by atoms with Crippen LogP contribution in [-0.4, -0.2) is 46.2 Å². The van der Waals surface area contributed by atoms with Crippen molar-refractivity contribution in [2.75, 3.05) is 14.1 Å². The zero-order valence-corrected chi connectivity index (χ0v) is 15.6.